The van der Waals surface area contributed by atoms with Crippen LogP contribution >= 0.6 is 0 Å². The molecule has 0 aromatic heterocycles. The fourth-order valence-electron chi connectivity index (χ4n) is 5.68. The predicted octanol–water partition coefficient (Wildman–Crippen LogP) is 12.0. The SMILES string of the molecule is CC/C=C\C(O)C/C=C/C=C\C/C=C\C/C=C\CCCC(=O)OC[C@H](CO)OC(=O)CCCCCCCCCCCCCCCCCCC(C)C. The lowest BCUT2D eigenvalue weighted by Gasteiger charge is -2.15. The molecule has 0 radical (unpaired) electrons. The smallest absolute Gasteiger partial charge is 0.306 e. The zero-order chi connectivity index (χ0) is 37.5. The summed E-state index contributed by atoms with van der Waals surface area (Å²) in [5, 5.41) is 19.3. The Morgan fingerprint density at radius 1 is 0.608 bits per heavy atom. The molecule has 0 amide bonds. The first-order valence-corrected chi connectivity index (χ1v) is 20.8. The maximum absolute atomic E-state index is 12.2. The van der Waals surface area contributed by atoms with E-state index >= 15 is 0 Å². The third-order valence-corrected chi connectivity index (χ3v) is 8.83. The standard InChI is InChI=1S/C45H78O6/c1-4-5-35-42(47)36-31-27-23-19-15-12-13-16-20-24-28-32-37-44(48)50-40-43(39-46)51-45(49)38-33-29-25-21-17-11-9-7-6-8-10-14-18-22-26-30-34-41(2)3/h5,12-13,19-20,23-24,27,31,35,41-43,46-47H,4,6-11,14-18,21-22,25-26,28-30,32-34,36-40H2,1-3H3/b13-12-,23-19-,24-20-,31-27+,35-5-/t42?,43-/m0/s1. The van der Waals surface area contributed by atoms with Gasteiger partial charge in [-0.3, -0.25) is 9.59 Å². The highest BCUT2D eigenvalue weighted by Gasteiger charge is 2.16. The summed E-state index contributed by atoms with van der Waals surface area (Å²) < 4.78 is 10.6. The molecule has 294 valence electrons. The van der Waals surface area contributed by atoms with Gasteiger partial charge in [0, 0.05) is 12.8 Å². The van der Waals surface area contributed by atoms with Gasteiger partial charge in [-0.05, 0) is 50.9 Å². The Morgan fingerprint density at radius 2 is 1.12 bits per heavy atom. The maximum atomic E-state index is 12.2. The average molecular weight is 715 g/mol. The van der Waals surface area contributed by atoms with Crippen molar-refractivity contribution in [3.8, 4) is 0 Å². The number of aliphatic hydroxyl groups excluding tert-OH is 2. The molecule has 6 nitrogen and oxygen atoms in total. The summed E-state index contributed by atoms with van der Waals surface area (Å²) in [4.78, 5) is 24.3. The van der Waals surface area contributed by atoms with Gasteiger partial charge in [-0.15, -0.1) is 0 Å². The number of allylic oxidation sites excluding steroid dienone is 8. The molecule has 0 aliphatic heterocycles. The number of carbonyl (C=O) groups is 2. The van der Waals surface area contributed by atoms with Crippen molar-refractivity contribution in [3.63, 3.8) is 0 Å². The Bertz CT molecular complexity index is 931. The van der Waals surface area contributed by atoms with E-state index in [2.05, 4.69) is 44.2 Å². The number of hydrogen-bond acceptors (Lipinski definition) is 6. The molecule has 0 spiro atoms. The average Bonchev–Trinajstić information content (AvgIpc) is 3.11. The summed E-state index contributed by atoms with van der Waals surface area (Å²) in [7, 11) is 0. The Morgan fingerprint density at radius 3 is 1.69 bits per heavy atom. The summed E-state index contributed by atoms with van der Waals surface area (Å²) in [5.41, 5.74) is 0. The minimum Gasteiger partial charge on any atom is -0.462 e. The van der Waals surface area contributed by atoms with Crippen LogP contribution in [0.4, 0.5) is 0 Å². The first-order chi connectivity index (χ1) is 24.9. The number of hydrogen-bond donors (Lipinski definition) is 2. The van der Waals surface area contributed by atoms with Crippen molar-refractivity contribution in [1.82, 2.24) is 0 Å². The molecule has 0 aliphatic rings. The molecule has 0 saturated carbocycles. The second-order valence-corrected chi connectivity index (χ2v) is 14.4. The minimum atomic E-state index is -0.806. The number of ether oxygens (including phenoxy) is 2. The van der Waals surface area contributed by atoms with Crippen LogP contribution in [0.25, 0.3) is 0 Å². The molecule has 2 atom stereocenters. The van der Waals surface area contributed by atoms with Crippen LogP contribution in [0.2, 0.25) is 0 Å². The van der Waals surface area contributed by atoms with Crippen LogP contribution in [0.1, 0.15) is 181 Å². The van der Waals surface area contributed by atoms with Crippen molar-refractivity contribution in [2.75, 3.05) is 13.2 Å². The topological polar surface area (TPSA) is 93.1 Å². The highest BCUT2D eigenvalue weighted by molar-refractivity contribution is 5.70. The van der Waals surface area contributed by atoms with E-state index in [4.69, 9.17) is 9.47 Å². The Hall–Kier alpha value is -2.44. The highest BCUT2D eigenvalue weighted by atomic mass is 16.6. The molecule has 0 rings (SSSR count). The third-order valence-electron chi connectivity index (χ3n) is 8.83. The molecule has 1 unspecified atom stereocenters. The number of aliphatic hydroxyl groups is 2. The van der Waals surface area contributed by atoms with E-state index in [9.17, 15) is 19.8 Å². The van der Waals surface area contributed by atoms with E-state index in [1.54, 1.807) is 0 Å². The molecular formula is C45H78O6. The molecule has 0 bridgehead atoms. The van der Waals surface area contributed by atoms with Gasteiger partial charge in [0.2, 0.25) is 0 Å². The first-order valence-electron chi connectivity index (χ1n) is 20.8. The van der Waals surface area contributed by atoms with E-state index in [-0.39, 0.29) is 31.6 Å². The van der Waals surface area contributed by atoms with Crippen LogP contribution in [0.3, 0.4) is 0 Å². The van der Waals surface area contributed by atoms with Crippen LogP contribution in [0.5, 0.6) is 0 Å². The van der Waals surface area contributed by atoms with Crippen LogP contribution < -0.4 is 0 Å². The van der Waals surface area contributed by atoms with Crippen molar-refractivity contribution in [3.05, 3.63) is 60.8 Å². The Balaban J connectivity index is 3.66. The van der Waals surface area contributed by atoms with Crippen LogP contribution in [-0.4, -0.2) is 47.6 Å². The second kappa shape index (κ2) is 38.8. The van der Waals surface area contributed by atoms with Gasteiger partial charge in [0.1, 0.15) is 6.61 Å². The monoisotopic (exact) mass is 715 g/mol. The fraction of sp³-hybridized carbons (Fsp3) is 0.733. The number of unbranched alkanes of at least 4 members (excludes halogenated alkanes) is 16. The van der Waals surface area contributed by atoms with Gasteiger partial charge in [-0.25, -0.2) is 0 Å². The molecular weight excluding hydrogens is 636 g/mol. The first kappa shape index (κ1) is 48.6. The molecule has 6 heteroatoms. The van der Waals surface area contributed by atoms with Crippen molar-refractivity contribution >= 4 is 11.9 Å². The molecule has 0 saturated heterocycles. The van der Waals surface area contributed by atoms with Gasteiger partial charge in [-0.2, -0.15) is 0 Å². The molecule has 0 fully saturated rings. The summed E-state index contributed by atoms with van der Waals surface area (Å²) in [6.45, 7) is 6.21. The van der Waals surface area contributed by atoms with Crippen LogP contribution in [0, 0.1) is 5.92 Å². The highest BCUT2D eigenvalue weighted by Crippen LogP contribution is 2.15. The van der Waals surface area contributed by atoms with E-state index < -0.39 is 12.2 Å². The lowest BCUT2D eigenvalue weighted by Crippen LogP contribution is -2.28. The second-order valence-electron chi connectivity index (χ2n) is 14.4. The molecule has 0 aliphatic carbocycles. The van der Waals surface area contributed by atoms with E-state index in [1.807, 2.05) is 37.3 Å². The molecule has 51 heavy (non-hydrogen) atoms. The molecule has 0 heterocycles. The van der Waals surface area contributed by atoms with E-state index in [0.29, 0.717) is 19.3 Å². The zero-order valence-electron chi connectivity index (χ0n) is 33.1. The quantitative estimate of drug-likeness (QED) is 0.0290. The van der Waals surface area contributed by atoms with Crippen molar-refractivity contribution in [1.29, 1.82) is 0 Å². The van der Waals surface area contributed by atoms with Crippen molar-refractivity contribution in [2.45, 2.75) is 193 Å². The molecule has 2 N–H and O–H groups in total. The minimum absolute atomic E-state index is 0.108. The Labute approximate surface area is 313 Å². The summed E-state index contributed by atoms with van der Waals surface area (Å²) in [6, 6.07) is 0. The third kappa shape index (κ3) is 38.6. The predicted molar refractivity (Wildman–Crippen MR) is 216 cm³/mol. The zero-order valence-corrected chi connectivity index (χ0v) is 33.1. The fourth-order valence-corrected chi connectivity index (χ4v) is 5.68. The number of esters is 2. The summed E-state index contributed by atoms with van der Waals surface area (Å²) in [5.74, 6) is 0.170. The number of carbonyl (C=O) groups excluding carboxylic acids is 2. The van der Waals surface area contributed by atoms with Gasteiger partial charge in [0.05, 0.1) is 12.7 Å². The van der Waals surface area contributed by atoms with Gasteiger partial charge in [0.25, 0.3) is 0 Å². The van der Waals surface area contributed by atoms with Gasteiger partial charge < -0.3 is 19.7 Å². The van der Waals surface area contributed by atoms with E-state index in [0.717, 1.165) is 50.9 Å². The van der Waals surface area contributed by atoms with Gasteiger partial charge >= 0.3 is 11.9 Å². The van der Waals surface area contributed by atoms with Crippen LogP contribution in [-0.2, 0) is 19.1 Å². The number of rotatable bonds is 36. The largest absolute Gasteiger partial charge is 0.462 e. The lowest BCUT2D eigenvalue weighted by atomic mass is 10.0. The maximum Gasteiger partial charge on any atom is 0.306 e. The summed E-state index contributed by atoms with van der Waals surface area (Å²) >= 11 is 0. The molecule has 0 aromatic rings. The van der Waals surface area contributed by atoms with Crippen LogP contribution in [0.15, 0.2) is 60.8 Å². The summed E-state index contributed by atoms with van der Waals surface area (Å²) in [6.07, 6.45) is 46.3. The normalized spacial score (nSPS) is 13.5. The van der Waals surface area contributed by atoms with Crippen molar-refractivity contribution < 1.29 is 29.3 Å². The van der Waals surface area contributed by atoms with E-state index in [1.165, 1.54) is 89.9 Å². The van der Waals surface area contributed by atoms with Crippen molar-refractivity contribution in [2.24, 2.45) is 5.92 Å². The lowest BCUT2D eigenvalue weighted by molar-refractivity contribution is -0.161. The molecule has 0 aromatic carbocycles. The Kier molecular flexibility index (Phi) is 36.9. The van der Waals surface area contributed by atoms with Gasteiger partial charge in [0.15, 0.2) is 6.10 Å². The van der Waals surface area contributed by atoms with Gasteiger partial charge in [-0.1, -0.05) is 184 Å².